The lowest BCUT2D eigenvalue weighted by Crippen LogP contribution is -2.13. The molecule has 0 aromatic carbocycles. The summed E-state index contributed by atoms with van der Waals surface area (Å²) < 4.78 is 29.0. The summed E-state index contributed by atoms with van der Waals surface area (Å²) in [7, 11) is -3.35. The Morgan fingerprint density at radius 1 is 1.54 bits per heavy atom. The van der Waals surface area contributed by atoms with Gasteiger partial charge in [0.25, 0.3) is 0 Å². The van der Waals surface area contributed by atoms with Crippen LogP contribution < -0.4 is 4.72 Å². The van der Waals surface area contributed by atoms with Crippen molar-refractivity contribution >= 4 is 31.8 Å². The van der Waals surface area contributed by atoms with E-state index in [1.54, 1.807) is 13.8 Å². The van der Waals surface area contributed by atoms with Gasteiger partial charge in [-0.15, -0.1) is 0 Å². The Kier molecular flexibility index (Phi) is 2.97. The minimum absolute atomic E-state index is 0.167. The zero-order valence-electron chi connectivity index (χ0n) is 7.17. The molecule has 0 aliphatic carbocycles. The maximum absolute atomic E-state index is 11.1. The molecule has 0 saturated carbocycles. The predicted molar refractivity (Wildman–Crippen MR) is 52.3 cm³/mol. The van der Waals surface area contributed by atoms with E-state index in [9.17, 15) is 8.42 Å². The molecule has 1 rings (SSSR count). The molecule has 0 atom stereocenters. The first-order valence-electron chi connectivity index (χ1n) is 3.45. The maximum atomic E-state index is 11.1. The van der Waals surface area contributed by atoms with Crippen LogP contribution in [0.5, 0.6) is 0 Å². The number of aryl methyl sites for hydroxylation is 1. The summed E-state index contributed by atoms with van der Waals surface area (Å²) in [6, 6.07) is 0. The van der Waals surface area contributed by atoms with E-state index in [0.29, 0.717) is 11.3 Å². The van der Waals surface area contributed by atoms with Crippen LogP contribution in [0, 0.1) is 13.8 Å². The smallest absolute Gasteiger partial charge is 0.245 e. The molecule has 0 aliphatic heterocycles. The monoisotopic (exact) mass is 268 g/mol. The highest BCUT2D eigenvalue weighted by Crippen LogP contribution is 2.18. The first kappa shape index (κ1) is 10.5. The normalized spacial score (nSPS) is 11.6. The Balaban J connectivity index is 2.93. The zero-order chi connectivity index (χ0) is 10.1. The molecule has 1 aromatic rings. The number of nitrogens with one attached hydrogen (secondary N) is 1. The van der Waals surface area contributed by atoms with Gasteiger partial charge in [0, 0.05) is 5.56 Å². The van der Waals surface area contributed by atoms with Crippen molar-refractivity contribution in [1.29, 1.82) is 0 Å². The molecule has 0 bridgehead atoms. The molecule has 13 heavy (non-hydrogen) atoms. The second kappa shape index (κ2) is 3.67. The van der Waals surface area contributed by atoms with Crippen LogP contribution in [0.2, 0.25) is 0 Å². The van der Waals surface area contributed by atoms with E-state index in [-0.39, 0.29) is 10.5 Å². The molecule has 1 N–H and O–H groups in total. The van der Waals surface area contributed by atoms with Crippen LogP contribution in [0.1, 0.15) is 11.3 Å². The van der Waals surface area contributed by atoms with Crippen LogP contribution in [0.15, 0.2) is 4.52 Å². The molecule has 0 fully saturated rings. The number of halogens is 1. The van der Waals surface area contributed by atoms with Crippen LogP contribution in [0.25, 0.3) is 0 Å². The summed E-state index contributed by atoms with van der Waals surface area (Å²) in [5, 5.41) is 3.62. The maximum Gasteiger partial charge on any atom is 0.245 e. The number of alkyl halides is 1. The average molecular weight is 269 g/mol. The second-order valence-corrected chi connectivity index (χ2v) is 5.57. The first-order valence-corrected chi connectivity index (χ1v) is 6.23. The molecule has 74 valence electrons. The molecule has 0 amide bonds. The van der Waals surface area contributed by atoms with Gasteiger partial charge in [-0.1, -0.05) is 21.1 Å². The van der Waals surface area contributed by atoms with Crippen molar-refractivity contribution in [3.05, 3.63) is 11.3 Å². The molecule has 1 heterocycles. The molecule has 5 nitrogen and oxygen atoms in total. The quantitative estimate of drug-likeness (QED) is 0.841. The molecular weight excluding hydrogens is 260 g/mol. The standard InChI is InChI=1S/C6H9BrN2O3S/c1-4-5(2)8-12-6(4)9-13(10,11)3-7/h9H,3H2,1-2H3. The van der Waals surface area contributed by atoms with Gasteiger partial charge < -0.3 is 4.52 Å². The predicted octanol–water partition coefficient (Wildman–Crippen LogP) is 1.39. The van der Waals surface area contributed by atoms with Gasteiger partial charge >= 0.3 is 0 Å². The Morgan fingerprint density at radius 3 is 2.54 bits per heavy atom. The third kappa shape index (κ3) is 2.44. The summed E-state index contributed by atoms with van der Waals surface area (Å²) in [5.41, 5.74) is 1.37. The molecular formula is C6H9BrN2O3S. The van der Waals surface area contributed by atoms with Gasteiger partial charge in [-0.2, -0.15) is 0 Å². The van der Waals surface area contributed by atoms with Crippen molar-refractivity contribution in [1.82, 2.24) is 5.16 Å². The zero-order valence-corrected chi connectivity index (χ0v) is 9.57. The summed E-state index contributed by atoms with van der Waals surface area (Å²) >= 11 is 2.85. The summed E-state index contributed by atoms with van der Waals surface area (Å²) in [5.74, 6) is 0.178. The number of hydrogen-bond donors (Lipinski definition) is 1. The van der Waals surface area contributed by atoms with Gasteiger partial charge in [-0.3, -0.25) is 4.72 Å². The Bertz CT molecular complexity index is 398. The molecule has 0 saturated heterocycles. The number of hydrogen-bond acceptors (Lipinski definition) is 4. The van der Waals surface area contributed by atoms with Crippen LogP contribution >= 0.6 is 15.9 Å². The second-order valence-electron chi connectivity index (χ2n) is 2.55. The molecule has 0 radical (unpaired) electrons. The van der Waals surface area contributed by atoms with E-state index in [2.05, 4.69) is 25.8 Å². The molecule has 0 aliphatic rings. The lowest BCUT2D eigenvalue weighted by atomic mass is 10.3. The molecule has 0 spiro atoms. The van der Waals surface area contributed by atoms with Gasteiger partial charge in [0.1, 0.15) is 4.66 Å². The minimum Gasteiger partial charge on any atom is -0.337 e. The first-order chi connectivity index (χ1) is 5.96. The SMILES string of the molecule is Cc1noc(NS(=O)(=O)CBr)c1C. The fourth-order valence-electron chi connectivity index (χ4n) is 0.679. The Labute approximate surface area is 84.7 Å². The van der Waals surface area contributed by atoms with Crippen LogP contribution in [0.4, 0.5) is 5.88 Å². The highest BCUT2D eigenvalue weighted by molar-refractivity contribution is 9.10. The van der Waals surface area contributed by atoms with E-state index in [0.717, 1.165) is 0 Å². The average Bonchev–Trinajstić information content (AvgIpc) is 2.36. The van der Waals surface area contributed by atoms with E-state index in [1.807, 2.05) is 0 Å². The van der Waals surface area contributed by atoms with Gasteiger partial charge in [0.15, 0.2) is 0 Å². The van der Waals surface area contributed by atoms with Gasteiger partial charge in [0.05, 0.1) is 5.69 Å². The number of rotatable bonds is 3. The lowest BCUT2D eigenvalue weighted by molar-refractivity contribution is 0.430. The Hall–Kier alpha value is -0.560. The van der Waals surface area contributed by atoms with Crippen LogP contribution in [0.3, 0.4) is 0 Å². The summed E-state index contributed by atoms with van der Waals surface area (Å²) in [6.45, 7) is 3.47. The van der Waals surface area contributed by atoms with Crippen molar-refractivity contribution in [3.63, 3.8) is 0 Å². The highest BCUT2D eigenvalue weighted by atomic mass is 79.9. The van der Waals surface area contributed by atoms with Crippen molar-refractivity contribution < 1.29 is 12.9 Å². The number of anilines is 1. The summed E-state index contributed by atoms with van der Waals surface area (Å²) in [4.78, 5) is 0. The number of sulfonamides is 1. The molecule has 0 unspecified atom stereocenters. The number of nitrogens with zero attached hydrogens (tertiary/aromatic N) is 1. The van der Waals surface area contributed by atoms with Gasteiger partial charge in [-0.25, -0.2) is 8.42 Å². The van der Waals surface area contributed by atoms with Crippen molar-refractivity contribution in [2.45, 2.75) is 13.8 Å². The fourth-order valence-corrected chi connectivity index (χ4v) is 1.55. The van der Waals surface area contributed by atoms with E-state index in [1.165, 1.54) is 0 Å². The van der Waals surface area contributed by atoms with Crippen molar-refractivity contribution in [2.75, 3.05) is 9.38 Å². The van der Waals surface area contributed by atoms with E-state index >= 15 is 0 Å². The molecule has 1 aromatic heterocycles. The highest BCUT2D eigenvalue weighted by Gasteiger charge is 2.14. The van der Waals surface area contributed by atoms with E-state index < -0.39 is 10.0 Å². The largest absolute Gasteiger partial charge is 0.337 e. The Morgan fingerprint density at radius 2 is 2.15 bits per heavy atom. The van der Waals surface area contributed by atoms with Crippen molar-refractivity contribution in [3.8, 4) is 0 Å². The topological polar surface area (TPSA) is 72.2 Å². The van der Waals surface area contributed by atoms with Crippen molar-refractivity contribution in [2.24, 2.45) is 0 Å². The van der Waals surface area contributed by atoms with E-state index in [4.69, 9.17) is 4.52 Å². The van der Waals surface area contributed by atoms with Gasteiger partial charge in [-0.05, 0) is 13.8 Å². The number of aromatic nitrogens is 1. The lowest BCUT2D eigenvalue weighted by Gasteiger charge is -2.00. The van der Waals surface area contributed by atoms with Crippen LogP contribution in [-0.2, 0) is 10.0 Å². The molecule has 7 heteroatoms. The fraction of sp³-hybridized carbons (Fsp3) is 0.500. The van der Waals surface area contributed by atoms with Gasteiger partial charge in [0.2, 0.25) is 15.9 Å². The summed E-state index contributed by atoms with van der Waals surface area (Å²) in [6.07, 6.45) is 0. The van der Waals surface area contributed by atoms with Crippen LogP contribution in [-0.4, -0.2) is 18.2 Å². The third-order valence-corrected chi connectivity index (χ3v) is 4.14. The minimum atomic E-state index is -3.35. The third-order valence-electron chi connectivity index (χ3n) is 1.55.